The zero-order valence-electron chi connectivity index (χ0n) is 10.7. The highest BCUT2D eigenvalue weighted by Gasteiger charge is 2.10. The molecular weight excluding hydrogens is 328 g/mol. The Morgan fingerprint density at radius 1 is 1.42 bits per heavy atom. The maximum Gasteiger partial charge on any atom is 0.224 e. The summed E-state index contributed by atoms with van der Waals surface area (Å²) in [6, 6.07) is 7.80. The number of halogens is 2. The van der Waals surface area contributed by atoms with Crippen LogP contribution in [-0.2, 0) is 6.54 Å². The van der Waals surface area contributed by atoms with Gasteiger partial charge in [0.2, 0.25) is 5.95 Å². The van der Waals surface area contributed by atoms with Crippen molar-refractivity contribution in [1.82, 2.24) is 9.97 Å². The van der Waals surface area contributed by atoms with E-state index >= 15 is 0 Å². The Morgan fingerprint density at radius 3 is 2.89 bits per heavy atom. The molecule has 0 saturated carbocycles. The average Bonchev–Trinajstić information content (AvgIpc) is 2.39. The van der Waals surface area contributed by atoms with Crippen molar-refractivity contribution in [3.63, 3.8) is 0 Å². The van der Waals surface area contributed by atoms with Gasteiger partial charge >= 0.3 is 0 Å². The summed E-state index contributed by atoms with van der Waals surface area (Å²) in [7, 11) is 3.78. The number of rotatable bonds is 4. The number of anilines is 2. The van der Waals surface area contributed by atoms with Crippen LogP contribution in [0, 0.1) is 0 Å². The van der Waals surface area contributed by atoms with E-state index in [0.29, 0.717) is 5.95 Å². The Morgan fingerprint density at radius 2 is 2.21 bits per heavy atom. The van der Waals surface area contributed by atoms with Gasteiger partial charge < -0.3 is 10.2 Å². The largest absolute Gasteiger partial charge is 0.357 e. The number of hydrogen-bond donors (Lipinski definition) is 1. The Hall–Kier alpha value is -1.33. The van der Waals surface area contributed by atoms with Gasteiger partial charge in [0.1, 0.15) is 5.82 Å². The number of nitrogens with zero attached hydrogens (tertiary/aromatic N) is 3. The van der Waals surface area contributed by atoms with Crippen molar-refractivity contribution in [3.8, 4) is 0 Å². The zero-order chi connectivity index (χ0) is 13.8. The van der Waals surface area contributed by atoms with E-state index < -0.39 is 0 Å². The standard InChI is InChI=1S/C13H14BrClN4/c1-16-13-17-7-11(14)12(18-13)19(2)8-9-4-3-5-10(15)6-9/h3-7H,8H2,1-2H3,(H,16,17,18). The second-order valence-electron chi connectivity index (χ2n) is 4.10. The van der Waals surface area contributed by atoms with Crippen molar-refractivity contribution in [3.05, 3.63) is 45.5 Å². The lowest BCUT2D eigenvalue weighted by atomic mass is 10.2. The van der Waals surface area contributed by atoms with E-state index in [0.717, 1.165) is 27.4 Å². The van der Waals surface area contributed by atoms with E-state index in [9.17, 15) is 0 Å². The number of nitrogens with one attached hydrogen (secondary N) is 1. The molecule has 0 spiro atoms. The quantitative estimate of drug-likeness (QED) is 0.923. The van der Waals surface area contributed by atoms with Gasteiger partial charge in [0.05, 0.1) is 4.47 Å². The highest BCUT2D eigenvalue weighted by atomic mass is 79.9. The molecule has 2 rings (SSSR count). The van der Waals surface area contributed by atoms with Crippen LogP contribution in [0.15, 0.2) is 34.9 Å². The van der Waals surface area contributed by atoms with Gasteiger partial charge in [-0.15, -0.1) is 0 Å². The summed E-state index contributed by atoms with van der Waals surface area (Å²) in [6.07, 6.45) is 1.74. The van der Waals surface area contributed by atoms with E-state index in [1.807, 2.05) is 36.2 Å². The molecule has 1 aromatic carbocycles. The van der Waals surface area contributed by atoms with Gasteiger partial charge in [0, 0.05) is 31.9 Å². The summed E-state index contributed by atoms with van der Waals surface area (Å²) in [5.74, 6) is 1.43. The molecule has 6 heteroatoms. The maximum absolute atomic E-state index is 5.99. The van der Waals surface area contributed by atoms with Crippen LogP contribution < -0.4 is 10.2 Å². The lowest BCUT2D eigenvalue weighted by Crippen LogP contribution is -2.19. The van der Waals surface area contributed by atoms with Gasteiger partial charge in [0.25, 0.3) is 0 Å². The predicted octanol–water partition coefficient (Wildman–Crippen LogP) is 3.57. The first-order chi connectivity index (χ1) is 9.10. The molecule has 0 bridgehead atoms. The van der Waals surface area contributed by atoms with E-state index in [4.69, 9.17) is 11.6 Å². The lowest BCUT2D eigenvalue weighted by Gasteiger charge is -2.20. The fourth-order valence-corrected chi connectivity index (χ4v) is 2.44. The van der Waals surface area contributed by atoms with Crippen LogP contribution in [0.4, 0.5) is 11.8 Å². The monoisotopic (exact) mass is 340 g/mol. The zero-order valence-corrected chi connectivity index (χ0v) is 13.0. The Kier molecular flexibility index (Phi) is 4.61. The fourth-order valence-electron chi connectivity index (χ4n) is 1.73. The van der Waals surface area contributed by atoms with Crippen molar-refractivity contribution in [2.45, 2.75) is 6.54 Å². The lowest BCUT2D eigenvalue weighted by molar-refractivity contribution is 0.887. The second kappa shape index (κ2) is 6.21. The third kappa shape index (κ3) is 3.58. The van der Waals surface area contributed by atoms with Crippen LogP contribution in [0.3, 0.4) is 0 Å². The molecule has 4 nitrogen and oxygen atoms in total. The van der Waals surface area contributed by atoms with Crippen molar-refractivity contribution < 1.29 is 0 Å². The molecule has 0 aliphatic carbocycles. The first kappa shape index (κ1) is 14.1. The molecule has 0 fully saturated rings. The topological polar surface area (TPSA) is 41.1 Å². The minimum absolute atomic E-state index is 0.594. The summed E-state index contributed by atoms with van der Waals surface area (Å²) in [6.45, 7) is 0.722. The van der Waals surface area contributed by atoms with Crippen LogP contribution >= 0.6 is 27.5 Å². The van der Waals surface area contributed by atoms with Crippen molar-refractivity contribution in [1.29, 1.82) is 0 Å². The molecule has 0 unspecified atom stereocenters. The SMILES string of the molecule is CNc1ncc(Br)c(N(C)Cc2cccc(Cl)c2)n1. The molecule has 1 aromatic heterocycles. The van der Waals surface area contributed by atoms with Crippen LogP contribution in [0.25, 0.3) is 0 Å². The Bertz CT molecular complexity index is 576. The highest BCUT2D eigenvalue weighted by molar-refractivity contribution is 9.10. The van der Waals surface area contributed by atoms with Crippen LogP contribution in [0.2, 0.25) is 5.02 Å². The molecule has 2 aromatic rings. The van der Waals surface area contributed by atoms with Gasteiger partial charge in [-0.25, -0.2) is 4.98 Å². The fraction of sp³-hybridized carbons (Fsp3) is 0.231. The second-order valence-corrected chi connectivity index (χ2v) is 5.39. The van der Waals surface area contributed by atoms with Gasteiger partial charge in [-0.2, -0.15) is 4.98 Å². The minimum atomic E-state index is 0.594. The number of benzene rings is 1. The Balaban J connectivity index is 2.22. The first-order valence-electron chi connectivity index (χ1n) is 5.76. The number of aromatic nitrogens is 2. The van der Waals surface area contributed by atoms with Crippen molar-refractivity contribution in [2.75, 3.05) is 24.3 Å². The van der Waals surface area contributed by atoms with E-state index in [2.05, 4.69) is 31.2 Å². The summed E-state index contributed by atoms with van der Waals surface area (Å²) in [4.78, 5) is 10.6. The molecule has 0 atom stereocenters. The number of hydrogen-bond acceptors (Lipinski definition) is 4. The van der Waals surface area contributed by atoms with Gasteiger partial charge in [-0.1, -0.05) is 23.7 Å². The summed E-state index contributed by atoms with van der Waals surface area (Å²) in [5.41, 5.74) is 1.13. The molecule has 0 aliphatic rings. The molecule has 0 radical (unpaired) electrons. The highest BCUT2D eigenvalue weighted by Crippen LogP contribution is 2.25. The summed E-state index contributed by atoms with van der Waals surface area (Å²) >= 11 is 9.46. The molecule has 100 valence electrons. The van der Waals surface area contributed by atoms with Crippen LogP contribution in [-0.4, -0.2) is 24.1 Å². The van der Waals surface area contributed by atoms with Crippen LogP contribution in [0.5, 0.6) is 0 Å². The summed E-state index contributed by atoms with van der Waals surface area (Å²) < 4.78 is 0.857. The summed E-state index contributed by atoms with van der Waals surface area (Å²) in [5, 5.41) is 3.67. The smallest absolute Gasteiger partial charge is 0.224 e. The molecule has 19 heavy (non-hydrogen) atoms. The van der Waals surface area contributed by atoms with Gasteiger partial charge in [0.15, 0.2) is 0 Å². The normalized spacial score (nSPS) is 10.3. The third-order valence-corrected chi connectivity index (χ3v) is 3.41. The van der Waals surface area contributed by atoms with Crippen molar-refractivity contribution in [2.24, 2.45) is 0 Å². The van der Waals surface area contributed by atoms with E-state index in [1.54, 1.807) is 13.2 Å². The first-order valence-corrected chi connectivity index (χ1v) is 6.93. The van der Waals surface area contributed by atoms with Crippen LogP contribution in [0.1, 0.15) is 5.56 Å². The van der Waals surface area contributed by atoms with E-state index in [1.165, 1.54) is 0 Å². The maximum atomic E-state index is 5.99. The van der Waals surface area contributed by atoms with E-state index in [-0.39, 0.29) is 0 Å². The molecule has 0 amide bonds. The van der Waals surface area contributed by atoms with Crippen molar-refractivity contribution >= 4 is 39.3 Å². The third-order valence-electron chi connectivity index (χ3n) is 2.62. The average molecular weight is 342 g/mol. The van der Waals surface area contributed by atoms with Gasteiger partial charge in [-0.3, -0.25) is 0 Å². The molecule has 1 heterocycles. The van der Waals surface area contributed by atoms with Gasteiger partial charge in [-0.05, 0) is 33.6 Å². The molecule has 0 aliphatic heterocycles. The molecule has 0 saturated heterocycles. The Labute approximate surface area is 126 Å². The predicted molar refractivity (Wildman–Crippen MR) is 82.8 cm³/mol. The molecular formula is C13H14BrClN4. The minimum Gasteiger partial charge on any atom is -0.357 e. The molecule has 1 N–H and O–H groups in total.